The summed E-state index contributed by atoms with van der Waals surface area (Å²) >= 11 is 0. The molecule has 0 aliphatic carbocycles. The molecule has 0 bridgehead atoms. The van der Waals surface area contributed by atoms with Crippen LogP contribution in [0.3, 0.4) is 0 Å². The third-order valence-electron chi connectivity index (χ3n) is 2.83. The summed E-state index contributed by atoms with van der Waals surface area (Å²) in [4.78, 5) is 9.05. The lowest BCUT2D eigenvalue weighted by atomic mass is 9.95. The first-order chi connectivity index (χ1) is 7.63. The molecular formula is C13H20O2P+. The Balaban J connectivity index is 2.74. The molecule has 0 aromatic heterocycles. The maximum atomic E-state index is 11.0. The quantitative estimate of drug-likeness (QED) is 0.762. The number of hydrogen-bond acceptors (Lipinski definition) is 1. The summed E-state index contributed by atoms with van der Waals surface area (Å²) in [6, 6.07) is 8.29. The summed E-state index contributed by atoms with van der Waals surface area (Å²) < 4.78 is 11.0. The highest BCUT2D eigenvalue weighted by Gasteiger charge is 2.22. The molecule has 0 saturated carbocycles. The number of hydrogen-bond donors (Lipinski definition) is 1. The van der Waals surface area contributed by atoms with E-state index in [1.807, 2.05) is 0 Å². The van der Waals surface area contributed by atoms with Gasteiger partial charge in [0.25, 0.3) is 0 Å². The van der Waals surface area contributed by atoms with E-state index in [1.165, 1.54) is 11.1 Å². The maximum absolute atomic E-state index is 11.0. The highest BCUT2D eigenvalue weighted by Crippen LogP contribution is 2.30. The maximum Gasteiger partial charge on any atom is 0.506 e. The number of aryl methyl sites for hydroxylation is 1. The van der Waals surface area contributed by atoms with Crippen molar-refractivity contribution in [3.63, 3.8) is 0 Å². The average Bonchev–Trinajstić information content (AvgIpc) is 2.25. The molecule has 0 heterocycles. The van der Waals surface area contributed by atoms with Crippen LogP contribution in [-0.2, 0) is 4.57 Å². The first-order valence-electron chi connectivity index (χ1n) is 5.83. The second-order valence-corrected chi connectivity index (χ2v) is 5.35. The van der Waals surface area contributed by atoms with Gasteiger partial charge in [0.15, 0.2) is 6.16 Å². The molecule has 16 heavy (non-hydrogen) atoms. The van der Waals surface area contributed by atoms with Gasteiger partial charge in [0.2, 0.25) is 0 Å². The molecule has 0 fully saturated rings. The summed E-state index contributed by atoms with van der Waals surface area (Å²) in [5.41, 5.74) is 2.42. The van der Waals surface area contributed by atoms with Gasteiger partial charge < -0.3 is 0 Å². The van der Waals surface area contributed by atoms with Crippen LogP contribution in [0, 0.1) is 6.92 Å². The minimum atomic E-state index is -2.04. The summed E-state index contributed by atoms with van der Waals surface area (Å²) in [6.45, 7) is 4.20. The summed E-state index contributed by atoms with van der Waals surface area (Å²) in [7, 11) is -2.04. The van der Waals surface area contributed by atoms with Crippen molar-refractivity contribution in [2.45, 2.75) is 39.0 Å². The smallest absolute Gasteiger partial charge is 0.161 e. The van der Waals surface area contributed by atoms with Gasteiger partial charge in [-0.3, -0.25) is 0 Å². The Morgan fingerprint density at radius 3 is 2.44 bits per heavy atom. The molecule has 0 amide bonds. The first kappa shape index (κ1) is 13.3. The van der Waals surface area contributed by atoms with Crippen LogP contribution in [0.2, 0.25) is 0 Å². The fourth-order valence-electron chi connectivity index (χ4n) is 1.84. The number of benzene rings is 1. The lowest BCUT2D eigenvalue weighted by Crippen LogP contribution is -2.02. The lowest BCUT2D eigenvalue weighted by Gasteiger charge is -2.11. The largest absolute Gasteiger partial charge is 0.506 e. The molecule has 3 heteroatoms. The van der Waals surface area contributed by atoms with Gasteiger partial charge in [0.05, 0.1) is 0 Å². The molecule has 0 aliphatic heterocycles. The molecule has 1 aromatic carbocycles. The van der Waals surface area contributed by atoms with Gasteiger partial charge in [-0.05, 0) is 23.5 Å². The van der Waals surface area contributed by atoms with Crippen LogP contribution < -0.4 is 0 Å². The predicted octanol–water partition coefficient (Wildman–Crippen LogP) is 4.00. The minimum absolute atomic E-state index is 0.231. The van der Waals surface area contributed by atoms with Gasteiger partial charge in [-0.25, -0.2) is 0 Å². The van der Waals surface area contributed by atoms with Crippen molar-refractivity contribution < 1.29 is 9.46 Å². The van der Waals surface area contributed by atoms with E-state index in [0.717, 1.165) is 19.3 Å². The second-order valence-electron chi connectivity index (χ2n) is 4.28. The molecule has 2 nitrogen and oxygen atoms in total. The molecule has 0 saturated heterocycles. The van der Waals surface area contributed by atoms with E-state index in [-0.39, 0.29) is 5.92 Å². The van der Waals surface area contributed by atoms with Crippen molar-refractivity contribution in [2.24, 2.45) is 0 Å². The van der Waals surface area contributed by atoms with Crippen molar-refractivity contribution in [3.05, 3.63) is 35.4 Å². The number of unbranched alkanes of at least 4 members (excludes halogenated alkanes) is 1. The molecule has 1 aromatic rings. The molecular weight excluding hydrogens is 219 g/mol. The van der Waals surface area contributed by atoms with Crippen molar-refractivity contribution in [1.29, 1.82) is 0 Å². The van der Waals surface area contributed by atoms with E-state index in [9.17, 15) is 4.57 Å². The van der Waals surface area contributed by atoms with Gasteiger partial charge in [0.1, 0.15) is 0 Å². The van der Waals surface area contributed by atoms with Crippen LogP contribution >= 0.6 is 8.03 Å². The normalized spacial score (nSPS) is 13.6. The topological polar surface area (TPSA) is 37.3 Å². The fraction of sp³-hybridized carbons (Fsp3) is 0.538. The van der Waals surface area contributed by atoms with E-state index in [4.69, 9.17) is 4.89 Å². The van der Waals surface area contributed by atoms with Crippen LogP contribution in [0.4, 0.5) is 0 Å². The first-order valence-corrected chi connectivity index (χ1v) is 7.23. The van der Waals surface area contributed by atoms with Crippen molar-refractivity contribution >= 4 is 8.03 Å². The Bertz CT molecular complexity index is 332. The second kappa shape index (κ2) is 6.78. The molecule has 1 rings (SSSR count). The lowest BCUT2D eigenvalue weighted by molar-refractivity contribution is 0.492. The Labute approximate surface area is 98.6 Å². The highest BCUT2D eigenvalue weighted by molar-refractivity contribution is 7.38. The van der Waals surface area contributed by atoms with Crippen molar-refractivity contribution in [1.82, 2.24) is 0 Å². The van der Waals surface area contributed by atoms with E-state index in [2.05, 4.69) is 38.1 Å². The Morgan fingerprint density at radius 2 is 1.94 bits per heavy atom. The van der Waals surface area contributed by atoms with E-state index in [0.29, 0.717) is 6.16 Å². The van der Waals surface area contributed by atoms with Crippen LogP contribution in [-0.4, -0.2) is 11.1 Å². The van der Waals surface area contributed by atoms with Crippen LogP contribution in [0.15, 0.2) is 24.3 Å². The summed E-state index contributed by atoms with van der Waals surface area (Å²) in [5.74, 6) is 0.231. The van der Waals surface area contributed by atoms with Gasteiger partial charge in [-0.1, -0.05) is 49.6 Å². The predicted molar refractivity (Wildman–Crippen MR) is 68.1 cm³/mol. The molecule has 0 aliphatic rings. The highest BCUT2D eigenvalue weighted by atomic mass is 31.1. The Morgan fingerprint density at radius 1 is 1.31 bits per heavy atom. The van der Waals surface area contributed by atoms with Gasteiger partial charge in [-0.2, -0.15) is 4.89 Å². The van der Waals surface area contributed by atoms with Crippen LogP contribution in [0.25, 0.3) is 0 Å². The minimum Gasteiger partial charge on any atom is -0.161 e. The summed E-state index contributed by atoms with van der Waals surface area (Å²) in [5, 5.41) is 0. The third kappa shape index (κ3) is 4.42. The van der Waals surface area contributed by atoms with Crippen molar-refractivity contribution in [2.75, 3.05) is 6.16 Å². The summed E-state index contributed by atoms with van der Waals surface area (Å²) in [6.07, 6.45) is 3.63. The third-order valence-corrected chi connectivity index (χ3v) is 3.58. The van der Waals surface area contributed by atoms with E-state index < -0.39 is 8.03 Å². The van der Waals surface area contributed by atoms with Gasteiger partial charge in [-0.15, -0.1) is 0 Å². The van der Waals surface area contributed by atoms with Gasteiger partial charge >= 0.3 is 8.03 Å². The molecule has 2 atom stereocenters. The Kier molecular flexibility index (Phi) is 5.65. The average molecular weight is 239 g/mol. The van der Waals surface area contributed by atoms with Crippen molar-refractivity contribution in [3.8, 4) is 0 Å². The SMILES string of the molecule is CCCCC(C[P+](=O)O)c1ccc(C)cc1. The fourth-order valence-corrected chi connectivity index (χ4v) is 2.61. The standard InChI is InChI=1S/C13H19O2P/c1-3-4-5-13(10-16(14)15)12-8-6-11(2)7-9-12/h6-9,13H,3-5,10H2,1-2H3/p+1. The molecule has 0 radical (unpaired) electrons. The molecule has 88 valence electrons. The van der Waals surface area contributed by atoms with Crippen LogP contribution in [0.1, 0.15) is 43.2 Å². The Hall–Kier alpha value is -0.720. The zero-order chi connectivity index (χ0) is 12.0. The molecule has 2 unspecified atom stereocenters. The zero-order valence-electron chi connectivity index (χ0n) is 10.0. The molecule has 0 spiro atoms. The van der Waals surface area contributed by atoms with E-state index in [1.54, 1.807) is 0 Å². The van der Waals surface area contributed by atoms with E-state index >= 15 is 0 Å². The zero-order valence-corrected chi connectivity index (χ0v) is 10.9. The molecule has 1 N–H and O–H groups in total. The van der Waals surface area contributed by atoms with Gasteiger partial charge in [0, 0.05) is 5.92 Å². The van der Waals surface area contributed by atoms with Crippen LogP contribution in [0.5, 0.6) is 0 Å². The monoisotopic (exact) mass is 239 g/mol. The number of rotatable bonds is 6.